The molecule has 2 atom stereocenters. The lowest BCUT2D eigenvalue weighted by molar-refractivity contribution is -0.0372. The van der Waals surface area contributed by atoms with Crippen LogP contribution in [-0.4, -0.2) is 61.0 Å². The second kappa shape index (κ2) is 7.22. The van der Waals surface area contributed by atoms with Gasteiger partial charge in [-0.05, 0) is 33.7 Å². The molecule has 1 rings (SSSR count). The van der Waals surface area contributed by atoms with E-state index in [1.54, 1.807) is 0 Å². The van der Waals surface area contributed by atoms with Crippen LogP contribution in [0, 0.1) is 0 Å². The van der Waals surface area contributed by atoms with Crippen molar-refractivity contribution in [2.24, 2.45) is 0 Å². The van der Waals surface area contributed by atoms with Crippen molar-refractivity contribution < 1.29 is 9.84 Å². The molecule has 0 aromatic carbocycles. The SMILES string of the molecule is CC(O)CCNCC1CN(C(C)C)CCO1. The van der Waals surface area contributed by atoms with Gasteiger partial charge in [-0.15, -0.1) is 0 Å². The molecule has 2 unspecified atom stereocenters. The first-order valence-electron chi connectivity index (χ1n) is 6.34. The Hall–Kier alpha value is -0.160. The molecule has 16 heavy (non-hydrogen) atoms. The fourth-order valence-electron chi connectivity index (χ4n) is 1.91. The first-order chi connectivity index (χ1) is 7.59. The zero-order chi connectivity index (χ0) is 12.0. The summed E-state index contributed by atoms with van der Waals surface area (Å²) in [5, 5.41) is 12.5. The average Bonchev–Trinajstić information content (AvgIpc) is 2.24. The third kappa shape index (κ3) is 5.25. The number of hydrogen-bond acceptors (Lipinski definition) is 4. The van der Waals surface area contributed by atoms with Gasteiger partial charge in [-0.25, -0.2) is 0 Å². The van der Waals surface area contributed by atoms with Crippen molar-refractivity contribution in [3.8, 4) is 0 Å². The topological polar surface area (TPSA) is 44.7 Å². The Bertz CT molecular complexity index is 186. The van der Waals surface area contributed by atoms with E-state index in [4.69, 9.17) is 9.84 Å². The summed E-state index contributed by atoms with van der Waals surface area (Å²) in [5.41, 5.74) is 0. The molecular weight excluding hydrogens is 204 g/mol. The number of hydrogen-bond donors (Lipinski definition) is 2. The van der Waals surface area contributed by atoms with Gasteiger partial charge in [-0.1, -0.05) is 0 Å². The third-order valence-electron chi connectivity index (χ3n) is 3.01. The fourth-order valence-corrected chi connectivity index (χ4v) is 1.91. The normalized spacial score (nSPS) is 24.9. The number of aliphatic hydroxyl groups is 1. The average molecular weight is 230 g/mol. The smallest absolute Gasteiger partial charge is 0.0826 e. The van der Waals surface area contributed by atoms with E-state index >= 15 is 0 Å². The highest BCUT2D eigenvalue weighted by atomic mass is 16.5. The maximum absolute atomic E-state index is 9.12. The van der Waals surface area contributed by atoms with Crippen LogP contribution in [0.1, 0.15) is 27.2 Å². The Balaban J connectivity index is 2.12. The zero-order valence-corrected chi connectivity index (χ0v) is 10.8. The predicted molar refractivity (Wildman–Crippen MR) is 65.6 cm³/mol. The number of aliphatic hydroxyl groups excluding tert-OH is 1. The highest BCUT2D eigenvalue weighted by Gasteiger charge is 2.21. The molecule has 0 amide bonds. The molecule has 4 heteroatoms. The molecule has 1 aliphatic heterocycles. The van der Waals surface area contributed by atoms with Crippen molar-refractivity contribution in [2.45, 2.75) is 45.4 Å². The van der Waals surface area contributed by atoms with E-state index in [0.717, 1.165) is 39.2 Å². The number of morpholine rings is 1. The predicted octanol–water partition coefficient (Wildman–Crippen LogP) is 0.456. The third-order valence-corrected chi connectivity index (χ3v) is 3.01. The summed E-state index contributed by atoms with van der Waals surface area (Å²) in [6.45, 7) is 10.9. The minimum absolute atomic E-state index is 0.216. The standard InChI is InChI=1S/C12H26N2O2/c1-10(2)14-6-7-16-12(9-14)8-13-5-4-11(3)15/h10-13,15H,4-9H2,1-3H3. The van der Waals surface area contributed by atoms with Gasteiger partial charge in [-0.2, -0.15) is 0 Å². The Labute approximate surface area is 99.0 Å². The number of ether oxygens (including phenoxy) is 1. The van der Waals surface area contributed by atoms with Gasteiger partial charge < -0.3 is 15.2 Å². The largest absolute Gasteiger partial charge is 0.393 e. The van der Waals surface area contributed by atoms with E-state index < -0.39 is 0 Å². The van der Waals surface area contributed by atoms with Gasteiger partial charge in [0.05, 0.1) is 18.8 Å². The maximum Gasteiger partial charge on any atom is 0.0826 e. The fraction of sp³-hybridized carbons (Fsp3) is 1.00. The molecule has 0 spiro atoms. The Morgan fingerprint density at radius 1 is 1.44 bits per heavy atom. The summed E-state index contributed by atoms with van der Waals surface area (Å²) in [6, 6.07) is 0.601. The van der Waals surface area contributed by atoms with E-state index in [1.807, 2.05) is 6.92 Å². The van der Waals surface area contributed by atoms with Gasteiger partial charge in [0.2, 0.25) is 0 Å². The Morgan fingerprint density at radius 3 is 2.81 bits per heavy atom. The van der Waals surface area contributed by atoms with Crippen LogP contribution in [0.25, 0.3) is 0 Å². The molecule has 1 saturated heterocycles. The monoisotopic (exact) mass is 230 g/mol. The van der Waals surface area contributed by atoms with Crippen molar-refractivity contribution >= 4 is 0 Å². The van der Waals surface area contributed by atoms with Gasteiger partial charge in [0, 0.05) is 25.7 Å². The van der Waals surface area contributed by atoms with Gasteiger partial charge in [-0.3, -0.25) is 4.90 Å². The second-order valence-electron chi connectivity index (χ2n) is 4.92. The van der Waals surface area contributed by atoms with Crippen molar-refractivity contribution in [2.75, 3.05) is 32.8 Å². The number of nitrogens with one attached hydrogen (secondary N) is 1. The van der Waals surface area contributed by atoms with E-state index in [-0.39, 0.29) is 6.10 Å². The summed E-state index contributed by atoms with van der Waals surface area (Å²) in [5.74, 6) is 0. The van der Waals surface area contributed by atoms with Crippen LogP contribution < -0.4 is 5.32 Å². The Kier molecular flexibility index (Phi) is 6.28. The highest BCUT2D eigenvalue weighted by molar-refractivity contribution is 4.75. The number of rotatable bonds is 6. The van der Waals surface area contributed by atoms with Crippen LogP contribution in [0.4, 0.5) is 0 Å². The van der Waals surface area contributed by atoms with E-state index in [0.29, 0.717) is 12.1 Å². The first kappa shape index (κ1) is 13.9. The lowest BCUT2D eigenvalue weighted by atomic mass is 10.2. The van der Waals surface area contributed by atoms with Crippen LogP contribution in [0.3, 0.4) is 0 Å². The van der Waals surface area contributed by atoms with Gasteiger partial charge >= 0.3 is 0 Å². The van der Waals surface area contributed by atoms with Crippen LogP contribution in [-0.2, 0) is 4.74 Å². The summed E-state index contributed by atoms with van der Waals surface area (Å²) >= 11 is 0. The van der Waals surface area contributed by atoms with Crippen LogP contribution in [0.2, 0.25) is 0 Å². The molecular formula is C12H26N2O2. The van der Waals surface area contributed by atoms with Crippen LogP contribution in [0.5, 0.6) is 0 Å². The molecule has 4 nitrogen and oxygen atoms in total. The molecule has 1 aliphatic rings. The molecule has 1 heterocycles. The highest BCUT2D eigenvalue weighted by Crippen LogP contribution is 2.07. The van der Waals surface area contributed by atoms with Gasteiger partial charge in [0.1, 0.15) is 0 Å². The first-order valence-corrected chi connectivity index (χ1v) is 6.34. The molecule has 0 saturated carbocycles. The molecule has 0 aromatic heterocycles. The van der Waals surface area contributed by atoms with Gasteiger partial charge in [0.25, 0.3) is 0 Å². The minimum atomic E-state index is -0.216. The Morgan fingerprint density at radius 2 is 2.19 bits per heavy atom. The van der Waals surface area contributed by atoms with Crippen molar-refractivity contribution in [3.05, 3.63) is 0 Å². The lowest BCUT2D eigenvalue weighted by Crippen LogP contribution is -2.49. The molecule has 0 aliphatic carbocycles. The summed E-state index contributed by atoms with van der Waals surface area (Å²) < 4.78 is 5.70. The summed E-state index contributed by atoms with van der Waals surface area (Å²) in [7, 11) is 0. The van der Waals surface area contributed by atoms with E-state index in [2.05, 4.69) is 24.1 Å². The molecule has 2 N–H and O–H groups in total. The number of nitrogens with zero attached hydrogens (tertiary/aromatic N) is 1. The van der Waals surface area contributed by atoms with Crippen LogP contribution >= 0.6 is 0 Å². The molecule has 0 bridgehead atoms. The lowest BCUT2D eigenvalue weighted by Gasteiger charge is -2.35. The molecule has 1 fully saturated rings. The van der Waals surface area contributed by atoms with Crippen LogP contribution in [0.15, 0.2) is 0 Å². The van der Waals surface area contributed by atoms with Crippen molar-refractivity contribution in [1.29, 1.82) is 0 Å². The molecule has 96 valence electrons. The molecule has 0 aromatic rings. The van der Waals surface area contributed by atoms with E-state index in [9.17, 15) is 0 Å². The molecule has 0 radical (unpaired) electrons. The zero-order valence-electron chi connectivity index (χ0n) is 10.8. The second-order valence-corrected chi connectivity index (χ2v) is 4.92. The van der Waals surface area contributed by atoms with Crippen molar-refractivity contribution in [3.63, 3.8) is 0 Å². The quantitative estimate of drug-likeness (QED) is 0.651. The summed E-state index contributed by atoms with van der Waals surface area (Å²) in [6.07, 6.45) is 0.887. The van der Waals surface area contributed by atoms with E-state index in [1.165, 1.54) is 0 Å². The summed E-state index contributed by atoms with van der Waals surface area (Å²) in [4.78, 5) is 2.45. The van der Waals surface area contributed by atoms with Crippen molar-refractivity contribution in [1.82, 2.24) is 10.2 Å². The van der Waals surface area contributed by atoms with Gasteiger partial charge in [0.15, 0.2) is 0 Å². The maximum atomic E-state index is 9.12. The minimum Gasteiger partial charge on any atom is -0.393 e.